The van der Waals surface area contributed by atoms with Crippen LogP contribution in [0.25, 0.3) is 10.9 Å². The number of carbonyl (C=O) groups is 1. The van der Waals surface area contributed by atoms with Gasteiger partial charge in [0, 0.05) is 18.9 Å². The van der Waals surface area contributed by atoms with Gasteiger partial charge in [0.05, 0.1) is 5.52 Å². The number of hydrogen-bond donors (Lipinski definition) is 0. The maximum atomic E-state index is 11.0. The van der Waals surface area contributed by atoms with Crippen LogP contribution in [-0.4, -0.2) is 15.6 Å². The number of fused-ring (bicyclic) bond motifs is 1. The van der Waals surface area contributed by atoms with Crippen molar-refractivity contribution in [1.82, 2.24) is 9.78 Å². The van der Waals surface area contributed by atoms with Crippen molar-refractivity contribution in [2.45, 2.75) is 13.3 Å². The maximum absolute atomic E-state index is 11.0. The Kier molecular flexibility index (Phi) is 2.61. The molecule has 0 aliphatic carbocycles. The van der Waals surface area contributed by atoms with Gasteiger partial charge in [-0.2, -0.15) is 5.10 Å². The normalized spacial score (nSPS) is 10.9. The smallest absolute Gasteiger partial charge is 0.135 e. The highest BCUT2D eigenvalue weighted by Crippen LogP contribution is 2.23. The van der Waals surface area contributed by atoms with Gasteiger partial charge in [0.25, 0.3) is 0 Å². The largest absolute Gasteiger partial charge is 0.300 e. The van der Waals surface area contributed by atoms with E-state index in [0.717, 1.165) is 21.1 Å². The van der Waals surface area contributed by atoms with Crippen molar-refractivity contribution in [2.24, 2.45) is 7.05 Å². The number of rotatable bonds is 2. The fraction of sp³-hybridized carbons (Fsp3) is 0.273. The van der Waals surface area contributed by atoms with Crippen molar-refractivity contribution in [3.05, 3.63) is 28.4 Å². The summed E-state index contributed by atoms with van der Waals surface area (Å²) in [5.74, 6) is 0.176. The summed E-state index contributed by atoms with van der Waals surface area (Å²) in [4.78, 5) is 11.0. The SMILES string of the molecule is CC(=O)Cc1ccc2c(Br)nn(C)c2c1. The molecule has 0 saturated carbocycles. The molecule has 1 heterocycles. The molecule has 4 heteroatoms. The van der Waals surface area contributed by atoms with Crippen LogP contribution in [0, 0.1) is 0 Å². The van der Waals surface area contributed by atoms with E-state index >= 15 is 0 Å². The average molecular weight is 267 g/mol. The predicted molar refractivity (Wildman–Crippen MR) is 62.8 cm³/mol. The lowest BCUT2D eigenvalue weighted by atomic mass is 10.1. The minimum absolute atomic E-state index is 0.176. The van der Waals surface area contributed by atoms with E-state index in [0.29, 0.717) is 6.42 Å². The molecule has 3 nitrogen and oxygen atoms in total. The minimum atomic E-state index is 0.176. The van der Waals surface area contributed by atoms with E-state index in [2.05, 4.69) is 21.0 Å². The van der Waals surface area contributed by atoms with Crippen molar-refractivity contribution >= 4 is 32.6 Å². The summed E-state index contributed by atoms with van der Waals surface area (Å²) >= 11 is 3.39. The number of carbonyl (C=O) groups excluding carboxylic acids is 1. The minimum Gasteiger partial charge on any atom is -0.300 e. The topological polar surface area (TPSA) is 34.9 Å². The highest BCUT2D eigenvalue weighted by Gasteiger charge is 2.07. The lowest BCUT2D eigenvalue weighted by Crippen LogP contribution is -1.96. The second-order valence-electron chi connectivity index (χ2n) is 3.64. The number of aryl methyl sites for hydroxylation is 1. The van der Waals surface area contributed by atoms with Gasteiger partial charge >= 0.3 is 0 Å². The van der Waals surface area contributed by atoms with Crippen LogP contribution in [0.3, 0.4) is 0 Å². The van der Waals surface area contributed by atoms with Crippen LogP contribution in [-0.2, 0) is 18.3 Å². The van der Waals surface area contributed by atoms with E-state index in [-0.39, 0.29) is 5.78 Å². The molecular formula is C11H11BrN2O. The van der Waals surface area contributed by atoms with E-state index in [9.17, 15) is 4.79 Å². The molecule has 15 heavy (non-hydrogen) atoms. The summed E-state index contributed by atoms with van der Waals surface area (Å²) in [5.41, 5.74) is 2.08. The van der Waals surface area contributed by atoms with Crippen molar-refractivity contribution in [3.63, 3.8) is 0 Å². The molecule has 78 valence electrons. The molecule has 2 aromatic rings. The van der Waals surface area contributed by atoms with Crippen LogP contribution in [0.15, 0.2) is 22.8 Å². The Bertz CT molecular complexity index is 531. The summed E-state index contributed by atoms with van der Waals surface area (Å²) in [7, 11) is 1.89. The zero-order chi connectivity index (χ0) is 11.0. The highest BCUT2D eigenvalue weighted by molar-refractivity contribution is 9.10. The lowest BCUT2D eigenvalue weighted by molar-refractivity contribution is -0.116. The van der Waals surface area contributed by atoms with Gasteiger partial charge in [-0.15, -0.1) is 0 Å². The van der Waals surface area contributed by atoms with E-state index in [1.165, 1.54) is 0 Å². The van der Waals surface area contributed by atoms with Crippen LogP contribution in [0.1, 0.15) is 12.5 Å². The molecule has 0 N–H and O–H groups in total. The van der Waals surface area contributed by atoms with E-state index in [1.54, 1.807) is 6.92 Å². The average Bonchev–Trinajstić information content (AvgIpc) is 2.41. The van der Waals surface area contributed by atoms with Crippen molar-refractivity contribution in [1.29, 1.82) is 0 Å². The van der Waals surface area contributed by atoms with Crippen LogP contribution < -0.4 is 0 Å². The van der Waals surface area contributed by atoms with Crippen LogP contribution in [0.5, 0.6) is 0 Å². The standard InChI is InChI=1S/C11H11BrN2O/c1-7(15)5-8-3-4-9-10(6-8)14(2)13-11(9)12/h3-4,6H,5H2,1-2H3. The molecule has 1 aromatic carbocycles. The van der Waals surface area contributed by atoms with E-state index < -0.39 is 0 Å². The van der Waals surface area contributed by atoms with Crippen molar-refractivity contribution in [3.8, 4) is 0 Å². The van der Waals surface area contributed by atoms with E-state index in [1.807, 2.05) is 29.9 Å². The lowest BCUT2D eigenvalue weighted by Gasteiger charge is -1.99. The number of benzene rings is 1. The third-order valence-corrected chi connectivity index (χ3v) is 2.91. The molecule has 0 aliphatic heterocycles. The first-order valence-corrected chi connectivity index (χ1v) is 5.48. The maximum Gasteiger partial charge on any atom is 0.135 e. The summed E-state index contributed by atoms with van der Waals surface area (Å²) in [6.07, 6.45) is 0.485. The number of Topliss-reactive ketones (excluding diaryl/α,β-unsaturated/α-hetero) is 1. The number of aromatic nitrogens is 2. The Morgan fingerprint density at radius 1 is 1.53 bits per heavy atom. The molecular weight excluding hydrogens is 256 g/mol. The Balaban J connectivity index is 2.55. The second kappa shape index (κ2) is 3.77. The van der Waals surface area contributed by atoms with Crippen LogP contribution in [0.4, 0.5) is 0 Å². The van der Waals surface area contributed by atoms with E-state index in [4.69, 9.17) is 0 Å². The fourth-order valence-electron chi connectivity index (χ4n) is 1.66. The molecule has 0 radical (unpaired) electrons. The molecule has 0 spiro atoms. The summed E-state index contributed by atoms with van der Waals surface area (Å²) < 4.78 is 2.65. The molecule has 0 amide bonds. The molecule has 0 bridgehead atoms. The zero-order valence-electron chi connectivity index (χ0n) is 8.62. The first kappa shape index (κ1) is 10.4. The number of nitrogens with zero attached hydrogens (tertiary/aromatic N) is 2. The van der Waals surface area contributed by atoms with Gasteiger partial charge in [0.1, 0.15) is 10.4 Å². The Morgan fingerprint density at radius 2 is 2.27 bits per heavy atom. The molecule has 0 saturated heterocycles. The number of hydrogen-bond acceptors (Lipinski definition) is 2. The number of halogens is 1. The van der Waals surface area contributed by atoms with Crippen molar-refractivity contribution in [2.75, 3.05) is 0 Å². The summed E-state index contributed by atoms with van der Waals surface area (Å²) in [6, 6.07) is 5.97. The van der Waals surface area contributed by atoms with Crippen molar-refractivity contribution < 1.29 is 4.79 Å². The summed E-state index contributed by atoms with van der Waals surface area (Å²) in [5, 5.41) is 5.33. The molecule has 0 atom stereocenters. The van der Waals surface area contributed by atoms with Crippen LogP contribution in [0.2, 0.25) is 0 Å². The molecule has 1 aromatic heterocycles. The first-order chi connectivity index (χ1) is 7.08. The fourth-order valence-corrected chi connectivity index (χ4v) is 2.23. The molecule has 2 rings (SSSR count). The van der Waals surface area contributed by atoms with Gasteiger partial charge in [-0.3, -0.25) is 9.48 Å². The third kappa shape index (κ3) is 1.95. The Labute approximate surface area is 96.2 Å². The van der Waals surface area contributed by atoms with Gasteiger partial charge in [-0.1, -0.05) is 6.07 Å². The predicted octanol–water partition coefficient (Wildman–Crippen LogP) is 2.47. The van der Waals surface area contributed by atoms with Gasteiger partial charge in [0.2, 0.25) is 0 Å². The molecule has 0 fully saturated rings. The summed E-state index contributed by atoms with van der Waals surface area (Å²) in [6.45, 7) is 1.60. The van der Waals surface area contributed by atoms with Gasteiger partial charge in [0.15, 0.2) is 0 Å². The Hall–Kier alpha value is -1.16. The highest BCUT2D eigenvalue weighted by atomic mass is 79.9. The van der Waals surface area contributed by atoms with Gasteiger partial charge in [-0.05, 0) is 40.5 Å². The zero-order valence-corrected chi connectivity index (χ0v) is 10.2. The molecule has 0 aliphatic rings. The monoisotopic (exact) mass is 266 g/mol. The van der Waals surface area contributed by atoms with Crippen LogP contribution >= 0.6 is 15.9 Å². The van der Waals surface area contributed by atoms with Gasteiger partial charge < -0.3 is 0 Å². The second-order valence-corrected chi connectivity index (χ2v) is 4.40. The first-order valence-electron chi connectivity index (χ1n) is 4.68. The Morgan fingerprint density at radius 3 is 2.93 bits per heavy atom. The van der Waals surface area contributed by atoms with Gasteiger partial charge in [-0.25, -0.2) is 0 Å². The quantitative estimate of drug-likeness (QED) is 0.837. The third-order valence-electron chi connectivity index (χ3n) is 2.32. The molecule has 0 unspecified atom stereocenters. The number of ketones is 1.